The SMILES string of the molecule is Cc1cnc(NN)nc1N(C)C1CCOCC1. The molecule has 1 saturated heterocycles. The lowest BCUT2D eigenvalue weighted by Crippen LogP contribution is -2.37. The van der Waals surface area contributed by atoms with E-state index in [1.807, 2.05) is 6.92 Å². The number of hydrogen-bond donors (Lipinski definition) is 2. The number of anilines is 2. The number of hydrazine groups is 1. The summed E-state index contributed by atoms with van der Waals surface area (Å²) in [6.07, 6.45) is 3.85. The van der Waals surface area contributed by atoms with Crippen molar-refractivity contribution in [3.05, 3.63) is 11.8 Å². The molecule has 0 spiro atoms. The fourth-order valence-electron chi connectivity index (χ4n) is 2.11. The summed E-state index contributed by atoms with van der Waals surface area (Å²) in [7, 11) is 2.06. The van der Waals surface area contributed by atoms with Crippen LogP contribution >= 0.6 is 0 Å². The smallest absolute Gasteiger partial charge is 0.239 e. The van der Waals surface area contributed by atoms with Crippen LogP contribution in [0.5, 0.6) is 0 Å². The summed E-state index contributed by atoms with van der Waals surface area (Å²) in [5, 5.41) is 0. The second-order valence-corrected chi connectivity index (χ2v) is 4.30. The molecular weight excluding hydrogens is 218 g/mol. The minimum absolute atomic E-state index is 0.449. The van der Waals surface area contributed by atoms with Gasteiger partial charge >= 0.3 is 0 Å². The van der Waals surface area contributed by atoms with Crippen molar-refractivity contribution in [1.29, 1.82) is 0 Å². The van der Waals surface area contributed by atoms with Gasteiger partial charge in [-0.15, -0.1) is 0 Å². The molecule has 1 fully saturated rings. The van der Waals surface area contributed by atoms with Gasteiger partial charge in [0.15, 0.2) is 0 Å². The molecule has 0 amide bonds. The third kappa shape index (κ3) is 2.65. The Bertz CT molecular complexity index is 378. The second-order valence-electron chi connectivity index (χ2n) is 4.30. The number of nitrogens with zero attached hydrogens (tertiary/aromatic N) is 3. The van der Waals surface area contributed by atoms with E-state index >= 15 is 0 Å². The first-order valence-electron chi connectivity index (χ1n) is 5.83. The molecule has 1 aliphatic rings. The first-order valence-corrected chi connectivity index (χ1v) is 5.83. The summed E-state index contributed by atoms with van der Waals surface area (Å²) in [6, 6.07) is 0.475. The summed E-state index contributed by atoms with van der Waals surface area (Å²) in [5.41, 5.74) is 3.53. The molecule has 6 heteroatoms. The van der Waals surface area contributed by atoms with Gasteiger partial charge in [0.25, 0.3) is 0 Å². The number of nitrogens with one attached hydrogen (secondary N) is 1. The van der Waals surface area contributed by atoms with Gasteiger partial charge in [-0.3, -0.25) is 5.43 Å². The van der Waals surface area contributed by atoms with E-state index < -0.39 is 0 Å². The predicted molar refractivity (Wildman–Crippen MR) is 66.8 cm³/mol. The van der Waals surface area contributed by atoms with E-state index in [0.29, 0.717) is 12.0 Å². The number of nitrogen functional groups attached to an aromatic ring is 1. The van der Waals surface area contributed by atoms with Gasteiger partial charge in [-0.25, -0.2) is 10.8 Å². The summed E-state index contributed by atoms with van der Waals surface area (Å²) in [6.45, 7) is 3.65. The Morgan fingerprint density at radius 3 is 2.82 bits per heavy atom. The Hall–Kier alpha value is -1.40. The number of rotatable bonds is 3. The van der Waals surface area contributed by atoms with Crippen LogP contribution in [-0.4, -0.2) is 36.3 Å². The minimum Gasteiger partial charge on any atom is -0.381 e. The molecule has 0 unspecified atom stereocenters. The molecule has 0 radical (unpaired) electrons. The molecule has 17 heavy (non-hydrogen) atoms. The molecule has 3 N–H and O–H groups in total. The maximum absolute atomic E-state index is 5.37. The molecule has 1 aromatic rings. The van der Waals surface area contributed by atoms with Crippen LogP contribution in [0.1, 0.15) is 18.4 Å². The molecule has 2 rings (SSSR count). The Balaban J connectivity index is 2.19. The largest absolute Gasteiger partial charge is 0.381 e. The average Bonchev–Trinajstić information content (AvgIpc) is 2.39. The second kappa shape index (κ2) is 5.29. The first kappa shape index (κ1) is 12.1. The van der Waals surface area contributed by atoms with Crippen molar-refractivity contribution in [2.24, 2.45) is 5.84 Å². The van der Waals surface area contributed by atoms with E-state index in [4.69, 9.17) is 10.6 Å². The zero-order chi connectivity index (χ0) is 12.3. The molecule has 0 aliphatic carbocycles. The van der Waals surface area contributed by atoms with Gasteiger partial charge in [0.1, 0.15) is 5.82 Å². The quantitative estimate of drug-likeness (QED) is 0.595. The van der Waals surface area contributed by atoms with Crippen molar-refractivity contribution in [1.82, 2.24) is 9.97 Å². The first-order chi connectivity index (χ1) is 8.22. The summed E-state index contributed by atoms with van der Waals surface area (Å²) >= 11 is 0. The number of nitrogens with two attached hydrogens (primary N) is 1. The molecule has 6 nitrogen and oxygen atoms in total. The minimum atomic E-state index is 0.449. The van der Waals surface area contributed by atoms with Gasteiger partial charge in [0.2, 0.25) is 5.95 Å². The molecule has 0 bridgehead atoms. The maximum atomic E-state index is 5.37. The van der Waals surface area contributed by atoms with Crippen LogP contribution in [0.15, 0.2) is 6.20 Å². The van der Waals surface area contributed by atoms with Crippen molar-refractivity contribution in [3.63, 3.8) is 0 Å². The number of aryl methyl sites for hydroxylation is 1. The Morgan fingerprint density at radius 2 is 2.18 bits per heavy atom. The Labute approximate surface area is 101 Å². The van der Waals surface area contributed by atoms with E-state index in [1.165, 1.54) is 0 Å². The van der Waals surface area contributed by atoms with E-state index in [9.17, 15) is 0 Å². The van der Waals surface area contributed by atoms with Crippen LogP contribution in [0.25, 0.3) is 0 Å². The Morgan fingerprint density at radius 1 is 1.47 bits per heavy atom. The highest BCUT2D eigenvalue weighted by atomic mass is 16.5. The highest BCUT2D eigenvalue weighted by Gasteiger charge is 2.21. The van der Waals surface area contributed by atoms with Gasteiger partial charge in [0, 0.05) is 38.1 Å². The molecule has 94 valence electrons. The lowest BCUT2D eigenvalue weighted by atomic mass is 10.1. The molecule has 0 atom stereocenters. The number of aromatic nitrogens is 2. The molecule has 2 heterocycles. The molecule has 1 aromatic heterocycles. The highest BCUT2D eigenvalue weighted by Crippen LogP contribution is 2.22. The average molecular weight is 237 g/mol. The van der Waals surface area contributed by atoms with E-state index in [-0.39, 0.29) is 0 Å². The summed E-state index contributed by atoms with van der Waals surface area (Å²) < 4.78 is 5.37. The molecule has 0 aromatic carbocycles. The number of ether oxygens (including phenoxy) is 1. The van der Waals surface area contributed by atoms with Gasteiger partial charge in [0.05, 0.1) is 0 Å². The van der Waals surface area contributed by atoms with Crippen molar-refractivity contribution in [3.8, 4) is 0 Å². The van der Waals surface area contributed by atoms with Crippen molar-refractivity contribution in [2.75, 3.05) is 30.6 Å². The van der Waals surface area contributed by atoms with E-state index in [0.717, 1.165) is 37.4 Å². The lowest BCUT2D eigenvalue weighted by Gasteiger charge is -2.32. The Kier molecular flexibility index (Phi) is 3.75. The molecular formula is C11H19N5O. The fourth-order valence-corrected chi connectivity index (χ4v) is 2.11. The summed E-state index contributed by atoms with van der Waals surface area (Å²) in [4.78, 5) is 10.7. The third-order valence-corrected chi connectivity index (χ3v) is 3.15. The van der Waals surface area contributed by atoms with Gasteiger partial charge in [-0.1, -0.05) is 0 Å². The maximum Gasteiger partial charge on any atom is 0.239 e. The zero-order valence-corrected chi connectivity index (χ0v) is 10.3. The van der Waals surface area contributed by atoms with Gasteiger partial charge in [-0.05, 0) is 19.8 Å². The van der Waals surface area contributed by atoms with Crippen LogP contribution < -0.4 is 16.2 Å². The van der Waals surface area contributed by atoms with E-state index in [2.05, 4.69) is 27.3 Å². The third-order valence-electron chi connectivity index (χ3n) is 3.15. The zero-order valence-electron chi connectivity index (χ0n) is 10.3. The van der Waals surface area contributed by atoms with Crippen LogP contribution in [0.3, 0.4) is 0 Å². The van der Waals surface area contributed by atoms with Crippen LogP contribution in [0.2, 0.25) is 0 Å². The van der Waals surface area contributed by atoms with Crippen molar-refractivity contribution < 1.29 is 4.74 Å². The van der Waals surface area contributed by atoms with Gasteiger partial charge in [-0.2, -0.15) is 4.98 Å². The normalized spacial score (nSPS) is 16.9. The van der Waals surface area contributed by atoms with Crippen LogP contribution in [-0.2, 0) is 4.74 Å². The van der Waals surface area contributed by atoms with E-state index in [1.54, 1.807) is 6.20 Å². The highest BCUT2D eigenvalue weighted by molar-refractivity contribution is 5.48. The number of hydrogen-bond acceptors (Lipinski definition) is 6. The molecule has 1 aliphatic heterocycles. The fraction of sp³-hybridized carbons (Fsp3) is 0.636. The van der Waals surface area contributed by atoms with Crippen LogP contribution in [0, 0.1) is 6.92 Å². The lowest BCUT2D eigenvalue weighted by molar-refractivity contribution is 0.0853. The van der Waals surface area contributed by atoms with Gasteiger partial charge < -0.3 is 9.64 Å². The predicted octanol–water partition coefficient (Wildman–Crippen LogP) is 0.686. The monoisotopic (exact) mass is 237 g/mol. The standard InChI is InChI=1S/C11H19N5O/c1-8-7-13-11(15-12)14-10(8)16(2)9-3-5-17-6-4-9/h7,9H,3-6,12H2,1-2H3,(H,13,14,15). The topological polar surface area (TPSA) is 76.3 Å². The van der Waals surface area contributed by atoms with Crippen molar-refractivity contribution in [2.45, 2.75) is 25.8 Å². The molecule has 0 saturated carbocycles. The summed E-state index contributed by atoms with van der Waals surface area (Å²) in [5.74, 6) is 6.71. The van der Waals surface area contributed by atoms with Crippen LogP contribution in [0.4, 0.5) is 11.8 Å². The van der Waals surface area contributed by atoms with Crippen molar-refractivity contribution >= 4 is 11.8 Å².